The highest BCUT2D eigenvalue weighted by molar-refractivity contribution is 8.14. The third-order valence-corrected chi connectivity index (χ3v) is 3.88. The van der Waals surface area contributed by atoms with Crippen LogP contribution >= 0.6 is 23.1 Å². The van der Waals surface area contributed by atoms with E-state index in [4.69, 9.17) is 0 Å². The van der Waals surface area contributed by atoms with Crippen molar-refractivity contribution in [2.45, 2.75) is 26.7 Å². The molecule has 80 valence electrons. The van der Waals surface area contributed by atoms with Crippen molar-refractivity contribution in [1.29, 1.82) is 0 Å². The summed E-state index contributed by atoms with van der Waals surface area (Å²) in [5, 5.41) is 4.48. The summed E-state index contributed by atoms with van der Waals surface area (Å²) in [5.41, 5.74) is 2.42. The zero-order valence-corrected chi connectivity index (χ0v) is 10.6. The molecular weight excluding hydrogens is 224 g/mol. The number of aliphatic imine (C=N–C) groups is 1. The van der Waals surface area contributed by atoms with Crippen LogP contribution in [-0.4, -0.2) is 15.8 Å². The van der Waals surface area contributed by atoms with E-state index in [1.807, 2.05) is 18.7 Å². The van der Waals surface area contributed by atoms with Gasteiger partial charge in [0.2, 0.25) is 0 Å². The molecule has 0 aromatic carbocycles. The van der Waals surface area contributed by atoms with Crippen LogP contribution in [0.2, 0.25) is 0 Å². The van der Waals surface area contributed by atoms with Crippen molar-refractivity contribution in [2.75, 3.05) is 5.75 Å². The van der Waals surface area contributed by atoms with Crippen LogP contribution in [0.15, 0.2) is 22.1 Å². The predicted molar refractivity (Wildman–Crippen MR) is 68.8 cm³/mol. The van der Waals surface area contributed by atoms with E-state index in [-0.39, 0.29) is 0 Å². The van der Waals surface area contributed by atoms with Gasteiger partial charge in [0.25, 0.3) is 0 Å². The Bertz CT molecular complexity index is 404. The number of rotatable bonds is 3. The second kappa shape index (κ2) is 4.94. The Morgan fingerprint density at radius 2 is 2.20 bits per heavy atom. The van der Waals surface area contributed by atoms with Gasteiger partial charge in [0, 0.05) is 16.8 Å². The first-order chi connectivity index (χ1) is 7.24. The molecule has 4 heteroatoms. The average molecular weight is 238 g/mol. The number of allylic oxidation sites excluding steroid dienone is 1. The molecule has 15 heavy (non-hydrogen) atoms. The summed E-state index contributed by atoms with van der Waals surface area (Å²) in [4.78, 5) is 8.97. The lowest BCUT2D eigenvalue weighted by Crippen LogP contribution is -1.97. The van der Waals surface area contributed by atoms with Crippen LogP contribution in [0.5, 0.6) is 0 Å². The number of hydrogen-bond acceptors (Lipinski definition) is 4. The quantitative estimate of drug-likeness (QED) is 0.806. The van der Waals surface area contributed by atoms with Gasteiger partial charge in [0.15, 0.2) is 0 Å². The van der Waals surface area contributed by atoms with E-state index >= 15 is 0 Å². The Morgan fingerprint density at radius 3 is 2.87 bits per heavy atom. The molecule has 0 fully saturated rings. The van der Waals surface area contributed by atoms with Crippen molar-refractivity contribution in [3.8, 4) is 0 Å². The summed E-state index contributed by atoms with van der Waals surface area (Å²) in [6.07, 6.45) is 4.25. The number of thiazole rings is 1. The number of aromatic nitrogens is 1. The van der Waals surface area contributed by atoms with Gasteiger partial charge in [-0.3, -0.25) is 4.99 Å². The molecule has 0 atom stereocenters. The first kappa shape index (κ1) is 10.9. The molecule has 1 aromatic heterocycles. The zero-order valence-electron chi connectivity index (χ0n) is 8.99. The standard InChI is InChI=1S/C11H14N2S2/c1-8-12-10(5-6-14-8)3-4-11-7-15-9(2)13-11/h5,7H,3-4,6H2,1-2H3. The zero-order chi connectivity index (χ0) is 10.7. The van der Waals surface area contributed by atoms with Crippen LogP contribution < -0.4 is 0 Å². The predicted octanol–water partition coefficient (Wildman–Crippen LogP) is 3.43. The molecule has 0 spiro atoms. The van der Waals surface area contributed by atoms with Gasteiger partial charge in [-0.25, -0.2) is 4.98 Å². The van der Waals surface area contributed by atoms with Crippen LogP contribution in [-0.2, 0) is 6.42 Å². The van der Waals surface area contributed by atoms with Crippen molar-refractivity contribution in [3.05, 3.63) is 27.9 Å². The Balaban J connectivity index is 1.91. The lowest BCUT2D eigenvalue weighted by molar-refractivity contribution is 0.892. The SMILES string of the molecule is CC1=NC(CCc2csc(C)n2)=CCS1. The summed E-state index contributed by atoms with van der Waals surface area (Å²) in [7, 11) is 0. The summed E-state index contributed by atoms with van der Waals surface area (Å²) in [6, 6.07) is 0. The van der Waals surface area contributed by atoms with E-state index in [1.54, 1.807) is 11.3 Å². The summed E-state index contributed by atoms with van der Waals surface area (Å²) < 4.78 is 0. The summed E-state index contributed by atoms with van der Waals surface area (Å²) >= 11 is 3.53. The minimum Gasteiger partial charge on any atom is -0.252 e. The molecule has 2 rings (SSSR count). The van der Waals surface area contributed by atoms with Gasteiger partial charge in [0.1, 0.15) is 0 Å². The van der Waals surface area contributed by atoms with Gasteiger partial charge in [0.05, 0.1) is 15.7 Å². The third-order valence-electron chi connectivity index (χ3n) is 2.22. The summed E-state index contributed by atoms with van der Waals surface area (Å²) in [5.74, 6) is 1.07. The van der Waals surface area contributed by atoms with Crippen molar-refractivity contribution >= 4 is 28.1 Å². The van der Waals surface area contributed by atoms with E-state index < -0.39 is 0 Å². The number of aryl methyl sites for hydroxylation is 2. The Hall–Kier alpha value is -0.610. The van der Waals surface area contributed by atoms with E-state index in [2.05, 4.69) is 28.4 Å². The molecule has 0 aliphatic carbocycles. The molecule has 0 N–H and O–H groups in total. The number of nitrogens with zero attached hydrogens (tertiary/aromatic N) is 2. The second-order valence-corrected chi connectivity index (χ2v) is 5.77. The average Bonchev–Trinajstić information content (AvgIpc) is 2.62. The minimum absolute atomic E-state index is 1.01. The lowest BCUT2D eigenvalue weighted by atomic mass is 10.2. The largest absolute Gasteiger partial charge is 0.252 e. The molecule has 0 saturated heterocycles. The van der Waals surface area contributed by atoms with Crippen molar-refractivity contribution < 1.29 is 0 Å². The molecule has 1 aliphatic rings. The Kier molecular flexibility index (Phi) is 3.59. The van der Waals surface area contributed by atoms with E-state index in [1.165, 1.54) is 16.4 Å². The van der Waals surface area contributed by atoms with Crippen LogP contribution in [0.4, 0.5) is 0 Å². The molecular formula is C11H14N2S2. The molecule has 0 saturated carbocycles. The van der Waals surface area contributed by atoms with Crippen LogP contribution in [0.1, 0.15) is 24.0 Å². The van der Waals surface area contributed by atoms with Crippen molar-refractivity contribution in [1.82, 2.24) is 4.98 Å². The van der Waals surface area contributed by atoms with Gasteiger partial charge in [-0.15, -0.1) is 23.1 Å². The fraction of sp³-hybridized carbons (Fsp3) is 0.455. The highest BCUT2D eigenvalue weighted by atomic mass is 32.2. The van der Waals surface area contributed by atoms with Gasteiger partial charge < -0.3 is 0 Å². The number of thioether (sulfide) groups is 1. The van der Waals surface area contributed by atoms with Gasteiger partial charge in [-0.2, -0.15) is 0 Å². The molecule has 0 unspecified atom stereocenters. The normalized spacial score (nSPS) is 16.1. The van der Waals surface area contributed by atoms with Crippen LogP contribution in [0.25, 0.3) is 0 Å². The van der Waals surface area contributed by atoms with E-state index in [0.717, 1.165) is 23.6 Å². The second-order valence-electron chi connectivity index (χ2n) is 3.50. The van der Waals surface area contributed by atoms with Crippen molar-refractivity contribution in [3.63, 3.8) is 0 Å². The van der Waals surface area contributed by atoms with Crippen molar-refractivity contribution in [2.24, 2.45) is 4.99 Å². The lowest BCUT2D eigenvalue weighted by Gasteiger charge is -2.08. The van der Waals surface area contributed by atoms with Gasteiger partial charge in [-0.1, -0.05) is 6.08 Å². The first-order valence-corrected chi connectivity index (χ1v) is 6.89. The van der Waals surface area contributed by atoms with E-state index in [9.17, 15) is 0 Å². The first-order valence-electron chi connectivity index (χ1n) is 5.02. The van der Waals surface area contributed by atoms with Gasteiger partial charge in [-0.05, 0) is 26.7 Å². The fourth-order valence-electron chi connectivity index (χ4n) is 1.48. The van der Waals surface area contributed by atoms with E-state index in [0.29, 0.717) is 0 Å². The molecule has 1 aliphatic heterocycles. The van der Waals surface area contributed by atoms with Crippen LogP contribution in [0, 0.1) is 6.92 Å². The summed E-state index contributed by atoms with van der Waals surface area (Å²) in [6.45, 7) is 4.12. The molecule has 2 nitrogen and oxygen atoms in total. The van der Waals surface area contributed by atoms with Gasteiger partial charge >= 0.3 is 0 Å². The highest BCUT2D eigenvalue weighted by Crippen LogP contribution is 2.19. The monoisotopic (exact) mass is 238 g/mol. The third kappa shape index (κ3) is 3.18. The molecule has 2 heterocycles. The molecule has 1 aromatic rings. The highest BCUT2D eigenvalue weighted by Gasteiger charge is 2.05. The smallest absolute Gasteiger partial charge is 0.0897 e. The molecule has 0 amide bonds. The number of hydrogen-bond donors (Lipinski definition) is 0. The maximum absolute atomic E-state index is 4.52. The van der Waals surface area contributed by atoms with Crippen LogP contribution in [0.3, 0.4) is 0 Å². The fourth-order valence-corrected chi connectivity index (χ4v) is 2.82. The Labute approximate surface area is 98.5 Å². The maximum Gasteiger partial charge on any atom is 0.0897 e. The maximum atomic E-state index is 4.52. The molecule has 0 radical (unpaired) electrons. The molecule has 0 bridgehead atoms. The Morgan fingerprint density at radius 1 is 1.33 bits per heavy atom. The minimum atomic E-state index is 1.01. The topological polar surface area (TPSA) is 25.2 Å².